The van der Waals surface area contributed by atoms with E-state index in [4.69, 9.17) is 4.42 Å². The molecule has 1 unspecified atom stereocenters. The van der Waals surface area contributed by atoms with E-state index in [9.17, 15) is 23.1 Å². The van der Waals surface area contributed by atoms with Gasteiger partial charge in [0.2, 0.25) is 0 Å². The van der Waals surface area contributed by atoms with E-state index in [-0.39, 0.29) is 23.7 Å². The molecular weight excluding hydrogens is 313 g/mol. The standard InChI is InChI=1S/C15H11F3N2O3/c16-15(17,18)14(22)13(21)20(9-11-7-4-8-23-11)12(19-14)10-5-2-1-3-6-10/h1-8,22H,9H2. The molecule has 2 aromatic rings. The van der Waals surface area contributed by atoms with Gasteiger partial charge in [-0.25, -0.2) is 4.99 Å². The normalized spacial score (nSPS) is 21.7. The SMILES string of the molecule is O=C1N(Cc2ccco2)C(c2ccccc2)=NC1(O)C(F)(F)F. The van der Waals surface area contributed by atoms with Crippen LogP contribution in [0.25, 0.3) is 0 Å². The molecule has 1 atom stereocenters. The average Bonchev–Trinajstić information content (AvgIpc) is 3.10. The van der Waals surface area contributed by atoms with Crippen LogP contribution in [0.2, 0.25) is 0 Å². The Morgan fingerprint density at radius 1 is 1.17 bits per heavy atom. The average molecular weight is 324 g/mol. The highest BCUT2D eigenvalue weighted by atomic mass is 19.4. The molecule has 0 fully saturated rings. The second-order valence-electron chi connectivity index (χ2n) is 4.94. The van der Waals surface area contributed by atoms with Gasteiger partial charge in [-0.15, -0.1) is 0 Å². The molecular formula is C15H11F3N2O3. The number of carbonyl (C=O) groups is 1. The van der Waals surface area contributed by atoms with Gasteiger partial charge >= 0.3 is 11.9 Å². The lowest BCUT2D eigenvalue weighted by Gasteiger charge is -2.23. The second kappa shape index (κ2) is 5.24. The number of alkyl halides is 3. The van der Waals surface area contributed by atoms with E-state index in [1.165, 1.54) is 24.5 Å². The van der Waals surface area contributed by atoms with Crippen LogP contribution in [0.5, 0.6) is 0 Å². The molecule has 0 spiro atoms. The van der Waals surface area contributed by atoms with Crippen LogP contribution in [-0.2, 0) is 11.3 Å². The fourth-order valence-corrected chi connectivity index (χ4v) is 2.24. The molecule has 23 heavy (non-hydrogen) atoms. The molecule has 1 N–H and O–H groups in total. The van der Waals surface area contributed by atoms with Crippen LogP contribution in [0.4, 0.5) is 13.2 Å². The van der Waals surface area contributed by atoms with Crippen molar-refractivity contribution in [1.82, 2.24) is 4.90 Å². The quantitative estimate of drug-likeness (QED) is 0.942. The van der Waals surface area contributed by atoms with E-state index in [0.717, 1.165) is 4.90 Å². The minimum Gasteiger partial charge on any atom is -0.467 e. The van der Waals surface area contributed by atoms with E-state index in [1.54, 1.807) is 24.3 Å². The second-order valence-corrected chi connectivity index (χ2v) is 4.94. The lowest BCUT2D eigenvalue weighted by molar-refractivity contribution is -0.248. The first-order valence-electron chi connectivity index (χ1n) is 6.61. The Bertz CT molecular complexity index is 741. The van der Waals surface area contributed by atoms with Crippen LogP contribution in [-0.4, -0.2) is 33.7 Å². The van der Waals surface area contributed by atoms with Crippen molar-refractivity contribution < 1.29 is 27.5 Å². The smallest absolute Gasteiger partial charge is 0.448 e. The lowest BCUT2D eigenvalue weighted by Crippen LogP contribution is -2.52. The number of carbonyl (C=O) groups excluding carboxylic acids is 1. The minimum absolute atomic E-state index is 0.258. The van der Waals surface area contributed by atoms with Gasteiger partial charge in [0.1, 0.15) is 11.6 Å². The summed E-state index contributed by atoms with van der Waals surface area (Å²) in [4.78, 5) is 16.2. The van der Waals surface area contributed by atoms with Crippen molar-refractivity contribution in [1.29, 1.82) is 0 Å². The van der Waals surface area contributed by atoms with E-state index in [1.807, 2.05) is 0 Å². The summed E-state index contributed by atoms with van der Waals surface area (Å²) < 4.78 is 44.4. The molecule has 8 heteroatoms. The molecule has 0 aliphatic carbocycles. The van der Waals surface area contributed by atoms with Crippen molar-refractivity contribution in [2.45, 2.75) is 18.4 Å². The third kappa shape index (κ3) is 2.50. The zero-order valence-electron chi connectivity index (χ0n) is 11.6. The number of amidine groups is 1. The maximum atomic E-state index is 13.1. The van der Waals surface area contributed by atoms with Crippen LogP contribution >= 0.6 is 0 Å². The first kappa shape index (κ1) is 15.3. The molecule has 0 saturated heterocycles. The molecule has 1 aliphatic rings. The Morgan fingerprint density at radius 3 is 2.43 bits per heavy atom. The number of aliphatic hydroxyl groups is 1. The van der Waals surface area contributed by atoms with Crippen LogP contribution in [0.1, 0.15) is 11.3 Å². The number of amides is 1. The summed E-state index contributed by atoms with van der Waals surface area (Å²) in [6, 6.07) is 10.9. The number of rotatable bonds is 3. The van der Waals surface area contributed by atoms with E-state index in [0.29, 0.717) is 0 Å². The monoisotopic (exact) mass is 324 g/mol. The molecule has 0 saturated carbocycles. The van der Waals surface area contributed by atoms with Gasteiger partial charge < -0.3 is 9.52 Å². The number of furan rings is 1. The van der Waals surface area contributed by atoms with Crippen molar-refractivity contribution in [2.75, 3.05) is 0 Å². The van der Waals surface area contributed by atoms with Crippen molar-refractivity contribution in [3.63, 3.8) is 0 Å². The highest BCUT2D eigenvalue weighted by molar-refractivity contribution is 6.14. The summed E-state index contributed by atoms with van der Waals surface area (Å²) >= 11 is 0. The third-order valence-electron chi connectivity index (χ3n) is 3.39. The fraction of sp³-hybridized carbons (Fsp3) is 0.200. The van der Waals surface area contributed by atoms with Gasteiger partial charge in [0.25, 0.3) is 5.91 Å². The number of hydrogen-bond acceptors (Lipinski definition) is 4. The topological polar surface area (TPSA) is 66.0 Å². The van der Waals surface area contributed by atoms with E-state index >= 15 is 0 Å². The van der Waals surface area contributed by atoms with Gasteiger partial charge in [0.05, 0.1) is 12.8 Å². The zero-order valence-corrected chi connectivity index (χ0v) is 11.6. The number of hydrogen-bond donors (Lipinski definition) is 1. The highest BCUT2D eigenvalue weighted by Gasteiger charge is 2.65. The third-order valence-corrected chi connectivity index (χ3v) is 3.39. The number of halogens is 3. The van der Waals surface area contributed by atoms with Gasteiger partial charge in [-0.1, -0.05) is 30.3 Å². The van der Waals surface area contributed by atoms with Crippen molar-refractivity contribution >= 4 is 11.7 Å². The number of benzene rings is 1. The van der Waals surface area contributed by atoms with Gasteiger partial charge in [-0.05, 0) is 12.1 Å². The fourth-order valence-electron chi connectivity index (χ4n) is 2.24. The molecule has 1 aromatic carbocycles. The summed E-state index contributed by atoms with van der Waals surface area (Å²) in [5.74, 6) is -1.54. The summed E-state index contributed by atoms with van der Waals surface area (Å²) in [7, 11) is 0. The molecule has 120 valence electrons. The maximum Gasteiger partial charge on any atom is 0.448 e. The number of nitrogens with zero attached hydrogens (tertiary/aromatic N) is 2. The first-order chi connectivity index (χ1) is 10.8. The van der Waals surface area contributed by atoms with Gasteiger partial charge in [-0.3, -0.25) is 9.69 Å². The minimum atomic E-state index is -5.22. The molecule has 2 heterocycles. The van der Waals surface area contributed by atoms with Crippen LogP contribution in [0.15, 0.2) is 58.1 Å². The molecule has 1 aliphatic heterocycles. The van der Waals surface area contributed by atoms with Gasteiger partial charge in [0.15, 0.2) is 0 Å². The zero-order chi connectivity index (χ0) is 16.7. The molecule has 3 rings (SSSR count). The first-order valence-corrected chi connectivity index (χ1v) is 6.61. The summed E-state index contributed by atoms with van der Waals surface area (Å²) in [5, 5.41) is 9.79. The molecule has 1 amide bonds. The van der Waals surface area contributed by atoms with Gasteiger partial charge in [-0.2, -0.15) is 13.2 Å². The van der Waals surface area contributed by atoms with Crippen LogP contribution < -0.4 is 0 Å². The molecule has 1 aromatic heterocycles. The van der Waals surface area contributed by atoms with Crippen molar-refractivity contribution in [2.24, 2.45) is 4.99 Å². The highest BCUT2D eigenvalue weighted by Crippen LogP contribution is 2.38. The Hall–Kier alpha value is -2.61. The Balaban J connectivity index is 2.06. The molecule has 0 bridgehead atoms. The number of aliphatic imine (C=N–C) groups is 1. The van der Waals surface area contributed by atoms with Crippen LogP contribution in [0, 0.1) is 0 Å². The van der Waals surface area contributed by atoms with E-state index < -0.39 is 17.8 Å². The molecule has 5 nitrogen and oxygen atoms in total. The largest absolute Gasteiger partial charge is 0.467 e. The maximum absolute atomic E-state index is 13.1. The van der Waals surface area contributed by atoms with E-state index in [2.05, 4.69) is 4.99 Å². The Labute approximate surface area is 128 Å². The van der Waals surface area contributed by atoms with Gasteiger partial charge in [0, 0.05) is 5.56 Å². The predicted octanol–water partition coefficient (Wildman–Crippen LogP) is 2.32. The molecule has 0 radical (unpaired) electrons. The Kier molecular flexibility index (Phi) is 3.48. The van der Waals surface area contributed by atoms with Crippen molar-refractivity contribution in [3.8, 4) is 0 Å². The Morgan fingerprint density at radius 2 is 1.87 bits per heavy atom. The lowest BCUT2D eigenvalue weighted by atomic mass is 10.2. The van der Waals surface area contributed by atoms with Crippen molar-refractivity contribution in [3.05, 3.63) is 60.1 Å². The summed E-state index contributed by atoms with van der Waals surface area (Å²) in [6.45, 7) is -0.266. The van der Waals surface area contributed by atoms with Crippen LogP contribution in [0.3, 0.4) is 0 Å². The summed E-state index contributed by atoms with van der Waals surface area (Å²) in [5.41, 5.74) is -3.50. The summed E-state index contributed by atoms with van der Waals surface area (Å²) in [6.07, 6.45) is -3.88. The predicted molar refractivity (Wildman–Crippen MR) is 73.2 cm³/mol.